The van der Waals surface area contributed by atoms with E-state index in [1.807, 2.05) is 24.3 Å². The standard InChI is InChI=1S/C63H73Br3O10/c1-6-11-16-22-37-43-29-44-38(23-17-12-7-2)46-31-48-40(25-19-14-9-4)50-32-49-39(24-18-13-8-3)47-30-45(37)57-52(64)59(47)73-35-75-61(49)54(66)62(50)76-36-74-60(48)53(65)58(46)72-34-70-56(44)51(55(43)69-33-71-57)41-26-20-21-27-42(41)63(67)68-28-15-10-5/h20-21,26-27,29-32,37-40H,6-19,22-25,28,33-36H2,1-5H3. The Morgan fingerprint density at radius 3 is 1.03 bits per heavy atom. The molecule has 0 aromatic heterocycles. The second-order valence-electron chi connectivity index (χ2n) is 21.0. The lowest BCUT2D eigenvalue weighted by Gasteiger charge is -2.37. The molecule has 0 saturated carbocycles. The maximum Gasteiger partial charge on any atom is 0.338 e. The zero-order valence-electron chi connectivity index (χ0n) is 44.9. The van der Waals surface area contributed by atoms with E-state index in [1.165, 1.54) is 0 Å². The van der Waals surface area contributed by atoms with Crippen molar-refractivity contribution < 1.29 is 47.4 Å². The Morgan fingerprint density at radius 2 is 0.711 bits per heavy atom. The average molecular weight is 1230 g/mol. The Labute approximate surface area is 474 Å². The van der Waals surface area contributed by atoms with Gasteiger partial charge in [-0.3, -0.25) is 0 Å². The van der Waals surface area contributed by atoms with Crippen molar-refractivity contribution >= 4 is 53.8 Å². The molecule has 5 aliphatic rings. The van der Waals surface area contributed by atoms with E-state index in [4.69, 9.17) is 42.6 Å². The molecule has 5 aromatic rings. The first-order valence-electron chi connectivity index (χ1n) is 28.3. The molecule has 0 radical (unpaired) electrons. The molecule has 0 saturated heterocycles. The van der Waals surface area contributed by atoms with E-state index < -0.39 is 5.97 Å². The number of rotatable bonds is 21. The molecule has 0 amide bonds. The van der Waals surface area contributed by atoms with Gasteiger partial charge in [0.15, 0.2) is 0 Å². The van der Waals surface area contributed by atoms with Gasteiger partial charge in [0.25, 0.3) is 0 Å². The van der Waals surface area contributed by atoms with Crippen LogP contribution in [0.5, 0.6) is 46.0 Å². The number of halogens is 3. The predicted molar refractivity (Wildman–Crippen MR) is 308 cm³/mol. The lowest BCUT2D eigenvalue weighted by Crippen LogP contribution is -2.24. The molecule has 0 spiro atoms. The summed E-state index contributed by atoms with van der Waals surface area (Å²) in [7, 11) is 0. The number of carbonyl (C=O) groups excluding carboxylic acids is 1. The summed E-state index contributed by atoms with van der Waals surface area (Å²) < 4.78 is 63.5. The van der Waals surface area contributed by atoms with E-state index in [2.05, 4.69) is 107 Å². The maximum absolute atomic E-state index is 14.5. The minimum Gasteiger partial charge on any atom is -0.462 e. The molecule has 406 valence electrons. The first-order valence-corrected chi connectivity index (χ1v) is 30.7. The van der Waals surface area contributed by atoms with Crippen LogP contribution in [0.4, 0.5) is 0 Å². The third-order valence-corrected chi connectivity index (χ3v) is 18.3. The lowest BCUT2D eigenvalue weighted by atomic mass is 9.75. The smallest absolute Gasteiger partial charge is 0.338 e. The highest BCUT2D eigenvalue weighted by Gasteiger charge is 2.42. The minimum absolute atomic E-state index is 0.0384. The third-order valence-electron chi connectivity index (χ3n) is 16.2. The molecule has 5 aromatic carbocycles. The topological polar surface area (TPSA) is 100 Å². The van der Waals surface area contributed by atoms with Crippen LogP contribution in [-0.4, -0.2) is 39.7 Å². The van der Waals surface area contributed by atoms with Crippen molar-refractivity contribution in [2.24, 2.45) is 0 Å². The molecular formula is C63H73Br3O10. The summed E-state index contributed by atoms with van der Waals surface area (Å²) >= 11 is 12.4. The van der Waals surface area contributed by atoms with Gasteiger partial charge in [0.1, 0.15) is 59.4 Å². The molecule has 76 heavy (non-hydrogen) atoms. The van der Waals surface area contributed by atoms with Crippen LogP contribution in [0.1, 0.15) is 229 Å². The van der Waals surface area contributed by atoms with Gasteiger partial charge in [0.05, 0.1) is 17.7 Å². The van der Waals surface area contributed by atoms with Crippen LogP contribution < -0.4 is 37.9 Å². The first-order chi connectivity index (χ1) is 37.2. The Bertz CT molecular complexity index is 2760. The molecule has 10 nitrogen and oxygen atoms in total. The van der Waals surface area contributed by atoms with E-state index in [9.17, 15) is 4.79 Å². The maximum atomic E-state index is 14.5. The van der Waals surface area contributed by atoms with Gasteiger partial charge in [0, 0.05) is 73.7 Å². The van der Waals surface area contributed by atoms with Crippen molar-refractivity contribution in [2.45, 2.75) is 174 Å². The van der Waals surface area contributed by atoms with Crippen LogP contribution in [0.15, 0.2) is 61.9 Å². The van der Waals surface area contributed by atoms with Gasteiger partial charge in [-0.05, 0) is 110 Å². The monoisotopic (exact) mass is 1230 g/mol. The molecular weight excluding hydrogens is 1160 g/mol. The minimum atomic E-state index is -0.390. The van der Waals surface area contributed by atoms with Crippen molar-refractivity contribution in [1.82, 2.24) is 0 Å². The third kappa shape index (κ3) is 10.6. The SMILES string of the molecule is CCCCCC1c2cc3c4c(Br)c2OCOc2c1cc1c(c2Br)OCOc2c(cc5c(c2-c2ccccc2C(=O)OCCCC)OCOc2c(cc(c(c2Br)OCO4)C3CCCCC)C5CCCCC)C1CCCCC. The van der Waals surface area contributed by atoms with Crippen LogP contribution in [0.3, 0.4) is 0 Å². The number of benzene rings is 5. The van der Waals surface area contributed by atoms with Crippen LogP contribution in [0.2, 0.25) is 0 Å². The van der Waals surface area contributed by atoms with Crippen molar-refractivity contribution in [1.29, 1.82) is 0 Å². The molecule has 4 unspecified atom stereocenters. The van der Waals surface area contributed by atoms with E-state index in [1.54, 1.807) is 0 Å². The summed E-state index contributed by atoms with van der Waals surface area (Å²) in [4.78, 5) is 14.5. The van der Waals surface area contributed by atoms with Crippen molar-refractivity contribution in [3.8, 4) is 57.1 Å². The highest BCUT2D eigenvalue weighted by molar-refractivity contribution is 9.11. The average Bonchev–Trinajstić information content (AvgIpc) is 3.41. The number of ether oxygens (including phenoxy) is 9. The fourth-order valence-electron chi connectivity index (χ4n) is 12.3. The predicted octanol–water partition coefficient (Wildman–Crippen LogP) is 18.7. The number of hydrogen-bond acceptors (Lipinski definition) is 10. The van der Waals surface area contributed by atoms with Gasteiger partial charge in [-0.25, -0.2) is 4.79 Å². The Kier molecular flexibility index (Phi) is 18.0. The zero-order chi connectivity index (χ0) is 52.9. The van der Waals surface area contributed by atoms with Gasteiger partial charge >= 0.3 is 5.97 Å². The van der Waals surface area contributed by atoms with Crippen LogP contribution in [0, 0.1) is 0 Å². The highest BCUT2D eigenvalue weighted by Crippen LogP contribution is 2.61. The summed E-state index contributed by atoms with van der Waals surface area (Å²) in [5.74, 6) is 4.35. The summed E-state index contributed by atoms with van der Waals surface area (Å²) in [5.41, 5.74) is 10.3. The van der Waals surface area contributed by atoms with Gasteiger partial charge in [0.2, 0.25) is 27.2 Å². The normalized spacial score (nSPS) is 18.4. The largest absolute Gasteiger partial charge is 0.462 e. The second-order valence-corrected chi connectivity index (χ2v) is 23.4. The van der Waals surface area contributed by atoms with Crippen molar-refractivity contribution in [3.05, 3.63) is 112 Å². The van der Waals surface area contributed by atoms with Crippen molar-refractivity contribution in [3.63, 3.8) is 0 Å². The van der Waals surface area contributed by atoms with E-state index in [-0.39, 0.29) is 50.8 Å². The number of esters is 1. The molecule has 13 heteroatoms. The van der Waals surface area contributed by atoms with Crippen LogP contribution in [-0.2, 0) is 4.74 Å². The van der Waals surface area contributed by atoms with Gasteiger partial charge in [-0.1, -0.05) is 136 Å². The molecule has 1 aliphatic carbocycles. The Morgan fingerprint density at radius 1 is 0.421 bits per heavy atom. The Balaban J connectivity index is 1.38. The molecule has 10 rings (SSSR count). The van der Waals surface area contributed by atoms with Gasteiger partial charge in [-0.2, -0.15) is 0 Å². The fourth-order valence-corrected chi connectivity index (χ4v) is 14.4. The van der Waals surface area contributed by atoms with Crippen LogP contribution >= 0.6 is 47.8 Å². The second kappa shape index (κ2) is 25.0. The molecule has 0 fully saturated rings. The fraction of sp³-hybridized carbons (Fsp3) is 0.508. The van der Waals surface area contributed by atoms with E-state index in [0.717, 1.165) is 185 Å². The molecule has 0 N–H and O–H groups in total. The number of carbonyl (C=O) groups is 1. The first kappa shape index (κ1) is 54.8. The summed E-state index contributed by atoms with van der Waals surface area (Å²) in [6, 6.07) is 17.3. The van der Waals surface area contributed by atoms with Gasteiger partial charge < -0.3 is 42.6 Å². The molecule has 8 bridgehead atoms. The number of hydrogen-bond donors (Lipinski definition) is 0. The highest BCUT2D eigenvalue weighted by atomic mass is 79.9. The zero-order valence-corrected chi connectivity index (χ0v) is 49.7. The molecule has 4 heterocycles. The van der Waals surface area contributed by atoms with Crippen LogP contribution in [0.25, 0.3) is 11.1 Å². The number of unbranched alkanes of at least 4 members (excludes halogenated alkanes) is 9. The van der Waals surface area contributed by atoms with Crippen molar-refractivity contribution in [2.75, 3.05) is 33.8 Å². The molecule has 4 atom stereocenters. The summed E-state index contributed by atoms with van der Waals surface area (Å²) in [6.45, 7) is 11.1. The lowest BCUT2D eigenvalue weighted by molar-refractivity contribution is 0.0500. The van der Waals surface area contributed by atoms with E-state index >= 15 is 0 Å². The Hall–Kier alpha value is -4.59. The quantitative estimate of drug-likeness (QED) is 0.0522. The summed E-state index contributed by atoms with van der Waals surface area (Å²) in [5, 5.41) is 0. The molecule has 4 aliphatic heterocycles. The van der Waals surface area contributed by atoms with Gasteiger partial charge in [-0.15, -0.1) is 0 Å². The summed E-state index contributed by atoms with van der Waals surface area (Å²) in [6.07, 6.45) is 17.4. The van der Waals surface area contributed by atoms with E-state index in [0.29, 0.717) is 57.8 Å².